The SMILES string of the molecule is CCOC(=O)c1sc(NCC(F)(F)F)c(C(=O)NC)c1N. The Bertz CT molecular complexity index is 543. The van der Waals surface area contributed by atoms with E-state index < -0.39 is 24.6 Å². The zero-order chi connectivity index (χ0) is 16.2. The highest BCUT2D eigenvalue weighted by Crippen LogP contribution is 2.36. The van der Waals surface area contributed by atoms with Gasteiger partial charge in [-0.1, -0.05) is 0 Å². The van der Waals surface area contributed by atoms with E-state index in [0.29, 0.717) is 11.3 Å². The van der Waals surface area contributed by atoms with Crippen LogP contribution in [0.2, 0.25) is 0 Å². The van der Waals surface area contributed by atoms with Crippen molar-refractivity contribution in [3.63, 3.8) is 0 Å². The number of nitrogen functional groups attached to an aromatic ring is 1. The van der Waals surface area contributed by atoms with Gasteiger partial charge in [0.1, 0.15) is 16.4 Å². The summed E-state index contributed by atoms with van der Waals surface area (Å²) in [5.41, 5.74) is 5.27. The van der Waals surface area contributed by atoms with Crippen LogP contribution in [0.15, 0.2) is 0 Å². The van der Waals surface area contributed by atoms with Crippen molar-refractivity contribution in [3.05, 3.63) is 10.4 Å². The molecule has 0 aromatic carbocycles. The van der Waals surface area contributed by atoms with Crippen LogP contribution in [0.25, 0.3) is 0 Å². The Labute approximate surface area is 122 Å². The van der Waals surface area contributed by atoms with Gasteiger partial charge in [-0.2, -0.15) is 13.2 Å². The Morgan fingerprint density at radius 2 is 2.00 bits per heavy atom. The van der Waals surface area contributed by atoms with Crippen molar-refractivity contribution in [2.45, 2.75) is 13.1 Å². The van der Waals surface area contributed by atoms with Gasteiger partial charge in [-0.05, 0) is 6.92 Å². The standard InChI is InChI=1S/C11H14F3N3O3S/c1-3-20-10(19)7-6(15)5(8(18)16-2)9(21-7)17-4-11(12,13)14/h17H,3-4,15H2,1-2H3,(H,16,18). The number of nitrogens with two attached hydrogens (primary N) is 1. The maximum atomic E-state index is 12.3. The van der Waals surface area contributed by atoms with Gasteiger partial charge >= 0.3 is 12.1 Å². The zero-order valence-corrected chi connectivity index (χ0v) is 12.1. The lowest BCUT2D eigenvalue weighted by Crippen LogP contribution is -2.24. The molecule has 0 atom stereocenters. The van der Waals surface area contributed by atoms with Crippen LogP contribution in [-0.4, -0.2) is 38.3 Å². The summed E-state index contributed by atoms with van der Waals surface area (Å²) >= 11 is 0.647. The second-order valence-electron chi connectivity index (χ2n) is 3.82. The van der Waals surface area contributed by atoms with Gasteiger partial charge < -0.3 is 21.1 Å². The Morgan fingerprint density at radius 3 is 2.48 bits per heavy atom. The number of carbonyl (C=O) groups is 2. The van der Waals surface area contributed by atoms with Gasteiger partial charge in [0, 0.05) is 7.05 Å². The Kier molecular flexibility index (Phi) is 5.41. The van der Waals surface area contributed by atoms with Gasteiger partial charge in [0.05, 0.1) is 17.9 Å². The summed E-state index contributed by atoms with van der Waals surface area (Å²) in [5, 5.41) is 4.20. The molecule has 1 aromatic heterocycles. The number of carbonyl (C=O) groups excluding carboxylic acids is 2. The van der Waals surface area contributed by atoms with Crippen LogP contribution in [0.5, 0.6) is 0 Å². The monoisotopic (exact) mass is 325 g/mol. The molecular formula is C11H14F3N3O3S. The van der Waals surface area contributed by atoms with E-state index in [2.05, 4.69) is 10.6 Å². The molecule has 0 radical (unpaired) electrons. The number of anilines is 2. The van der Waals surface area contributed by atoms with Crippen molar-refractivity contribution in [1.29, 1.82) is 0 Å². The molecule has 0 fully saturated rings. The highest BCUT2D eigenvalue weighted by atomic mass is 32.1. The number of esters is 1. The number of hydrogen-bond acceptors (Lipinski definition) is 6. The minimum Gasteiger partial charge on any atom is -0.462 e. The molecule has 0 unspecified atom stereocenters. The molecule has 118 valence electrons. The lowest BCUT2D eigenvalue weighted by Gasteiger charge is -2.09. The largest absolute Gasteiger partial charge is 0.462 e. The molecule has 21 heavy (non-hydrogen) atoms. The number of ether oxygens (including phenoxy) is 1. The fraction of sp³-hybridized carbons (Fsp3) is 0.455. The van der Waals surface area contributed by atoms with E-state index in [1.54, 1.807) is 6.92 Å². The first-order valence-electron chi connectivity index (χ1n) is 5.83. The first-order chi connectivity index (χ1) is 9.71. The summed E-state index contributed by atoms with van der Waals surface area (Å²) in [6.07, 6.45) is -4.47. The molecule has 0 aliphatic rings. The quantitative estimate of drug-likeness (QED) is 0.718. The summed E-state index contributed by atoms with van der Waals surface area (Å²) in [6, 6.07) is 0. The average molecular weight is 325 g/mol. The molecule has 0 aliphatic heterocycles. The van der Waals surface area contributed by atoms with E-state index >= 15 is 0 Å². The van der Waals surface area contributed by atoms with Crippen LogP contribution in [0, 0.1) is 0 Å². The van der Waals surface area contributed by atoms with Gasteiger partial charge in [0.15, 0.2) is 0 Å². The zero-order valence-electron chi connectivity index (χ0n) is 11.3. The molecule has 1 heterocycles. The molecule has 0 saturated heterocycles. The molecule has 1 rings (SSSR count). The van der Waals surface area contributed by atoms with Crippen molar-refractivity contribution in [2.24, 2.45) is 0 Å². The number of amides is 1. The summed E-state index contributed by atoms with van der Waals surface area (Å²) in [5.74, 6) is -1.48. The number of nitrogens with one attached hydrogen (secondary N) is 2. The molecule has 0 spiro atoms. The smallest absolute Gasteiger partial charge is 0.405 e. The third kappa shape index (κ3) is 4.25. The molecule has 0 aliphatic carbocycles. The topological polar surface area (TPSA) is 93.4 Å². The number of halogens is 3. The molecule has 1 amide bonds. The van der Waals surface area contributed by atoms with Gasteiger partial charge in [0.2, 0.25) is 0 Å². The Balaban J connectivity index is 3.18. The van der Waals surface area contributed by atoms with Crippen LogP contribution in [0.1, 0.15) is 27.0 Å². The number of thiophene rings is 1. The first kappa shape index (κ1) is 17.1. The molecule has 0 saturated carbocycles. The summed E-state index contributed by atoms with van der Waals surface area (Å²) < 4.78 is 41.5. The van der Waals surface area contributed by atoms with Crippen molar-refractivity contribution in [2.75, 3.05) is 31.2 Å². The van der Waals surface area contributed by atoms with Crippen molar-refractivity contribution >= 4 is 33.9 Å². The van der Waals surface area contributed by atoms with Crippen LogP contribution < -0.4 is 16.4 Å². The third-order valence-electron chi connectivity index (χ3n) is 2.31. The van der Waals surface area contributed by atoms with Gasteiger partial charge in [-0.25, -0.2) is 4.79 Å². The summed E-state index contributed by atoms with van der Waals surface area (Å²) in [6.45, 7) is 0.306. The molecule has 4 N–H and O–H groups in total. The minimum atomic E-state index is -4.47. The lowest BCUT2D eigenvalue weighted by molar-refractivity contribution is -0.115. The van der Waals surface area contributed by atoms with E-state index in [4.69, 9.17) is 10.5 Å². The van der Waals surface area contributed by atoms with Gasteiger partial charge in [0.25, 0.3) is 5.91 Å². The van der Waals surface area contributed by atoms with Crippen molar-refractivity contribution < 1.29 is 27.5 Å². The minimum absolute atomic E-state index is 0.0802. The number of rotatable bonds is 5. The first-order valence-corrected chi connectivity index (χ1v) is 6.65. The van der Waals surface area contributed by atoms with Gasteiger partial charge in [-0.15, -0.1) is 11.3 Å². The Morgan fingerprint density at radius 1 is 1.38 bits per heavy atom. The fourth-order valence-electron chi connectivity index (χ4n) is 1.45. The molecule has 6 nitrogen and oxygen atoms in total. The molecule has 10 heteroatoms. The van der Waals surface area contributed by atoms with E-state index in [-0.39, 0.29) is 27.7 Å². The molecule has 1 aromatic rings. The second-order valence-corrected chi connectivity index (χ2v) is 4.84. The van der Waals surface area contributed by atoms with Crippen LogP contribution in [0.4, 0.5) is 23.9 Å². The van der Waals surface area contributed by atoms with E-state index in [1.807, 2.05) is 0 Å². The summed E-state index contributed by atoms with van der Waals surface area (Å²) in [7, 11) is 1.30. The third-order valence-corrected chi connectivity index (χ3v) is 3.45. The van der Waals surface area contributed by atoms with Crippen LogP contribution in [0.3, 0.4) is 0 Å². The maximum Gasteiger partial charge on any atom is 0.405 e. The summed E-state index contributed by atoms with van der Waals surface area (Å²) in [4.78, 5) is 23.3. The number of alkyl halides is 3. The maximum absolute atomic E-state index is 12.3. The van der Waals surface area contributed by atoms with Crippen molar-refractivity contribution in [1.82, 2.24) is 5.32 Å². The van der Waals surface area contributed by atoms with E-state index in [9.17, 15) is 22.8 Å². The normalized spacial score (nSPS) is 11.1. The predicted molar refractivity (Wildman–Crippen MR) is 72.6 cm³/mol. The van der Waals surface area contributed by atoms with E-state index in [0.717, 1.165) is 0 Å². The molecule has 0 bridgehead atoms. The lowest BCUT2D eigenvalue weighted by atomic mass is 10.2. The number of hydrogen-bond donors (Lipinski definition) is 3. The highest BCUT2D eigenvalue weighted by Gasteiger charge is 2.30. The fourth-order valence-corrected chi connectivity index (χ4v) is 2.46. The second kappa shape index (κ2) is 6.66. The van der Waals surface area contributed by atoms with Crippen molar-refractivity contribution in [3.8, 4) is 0 Å². The Hall–Kier alpha value is -1.97. The van der Waals surface area contributed by atoms with E-state index in [1.165, 1.54) is 7.05 Å². The average Bonchev–Trinajstić information content (AvgIpc) is 2.72. The highest BCUT2D eigenvalue weighted by molar-refractivity contribution is 7.19. The predicted octanol–water partition coefficient (Wildman–Crippen LogP) is 1.84. The van der Waals surface area contributed by atoms with Gasteiger partial charge in [-0.3, -0.25) is 4.79 Å². The van der Waals surface area contributed by atoms with Crippen LogP contribution in [-0.2, 0) is 4.74 Å². The van der Waals surface area contributed by atoms with Crippen LogP contribution >= 0.6 is 11.3 Å². The molecular weight excluding hydrogens is 311 g/mol.